The molecule has 6 nitrogen and oxygen atoms in total. The van der Waals surface area contributed by atoms with Gasteiger partial charge in [-0.2, -0.15) is 0 Å². The highest BCUT2D eigenvalue weighted by Gasteiger charge is 2.36. The van der Waals surface area contributed by atoms with Gasteiger partial charge in [-0.3, -0.25) is 14.4 Å². The van der Waals surface area contributed by atoms with Gasteiger partial charge < -0.3 is 14.5 Å². The van der Waals surface area contributed by atoms with E-state index in [2.05, 4.69) is 0 Å². The van der Waals surface area contributed by atoms with Gasteiger partial charge in [0.1, 0.15) is 0 Å². The zero-order chi connectivity index (χ0) is 16.6. The summed E-state index contributed by atoms with van der Waals surface area (Å²) < 4.78 is 4.73. The minimum absolute atomic E-state index is 0.0789. The molecule has 2 saturated heterocycles. The lowest BCUT2D eigenvalue weighted by atomic mass is 10.1. The molecule has 0 aliphatic carbocycles. The smallest absolute Gasteiger partial charge is 0.311 e. The average Bonchev–Trinajstić information content (AvgIpc) is 3.12. The van der Waals surface area contributed by atoms with Crippen molar-refractivity contribution < 1.29 is 19.1 Å². The average molecular weight is 316 g/mol. The van der Waals surface area contributed by atoms with Gasteiger partial charge in [0.15, 0.2) is 0 Å². The van der Waals surface area contributed by atoms with Crippen LogP contribution < -0.4 is 9.80 Å². The number of methoxy groups -OCH3 is 1. The van der Waals surface area contributed by atoms with Crippen LogP contribution in [0.5, 0.6) is 0 Å². The van der Waals surface area contributed by atoms with Crippen LogP contribution in [-0.4, -0.2) is 38.0 Å². The predicted octanol–water partition coefficient (Wildman–Crippen LogP) is 1.65. The third-order valence-corrected chi connectivity index (χ3v) is 4.52. The van der Waals surface area contributed by atoms with Crippen molar-refractivity contribution in [3.63, 3.8) is 0 Å². The standard InChI is InChI=1S/C17H20N2O4/c1-11-8-13(5-6-14(11)18-7-3-4-15(18)20)19-10-12(9-16(19)21)17(22)23-2/h5-6,8,12H,3-4,7,9-10H2,1-2H3. The lowest BCUT2D eigenvalue weighted by Gasteiger charge is -2.22. The first kappa shape index (κ1) is 15.5. The molecule has 3 rings (SSSR count). The minimum Gasteiger partial charge on any atom is -0.469 e. The molecule has 122 valence electrons. The SMILES string of the molecule is COC(=O)C1CC(=O)N(c2ccc(N3CCCC3=O)c(C)c2)C1. The van der Waals surface area contributed by atoms with Gasteiger partial charge in [-0.25, -0.2) is 0 Å². The number of aryl methyl sites for hydroxylation is 1. The highest BCUT2D eigenvalue weighted by molar-refractivity contribution is 6.00. The first-order chi connectivity index (χ1) is 11.0. The molecule has 0 spiro atoms. The monoisotopic (exact) mass is 316 g/mol. The third kappa shape index (κ3) is 2.81. The van der Waals surface area contributed by atoms with Crippen molar-refractivity contribution in [1.29, 1.82) is 0 Å². The molecule has 2 aliphatic heterocycles. The number of ether oxygens (including phenoxy) is 1. The van der Waals surface area contributed by atoms with Crippen LogP contribution in [0.3, 0.4) is 0 Å². The number of esters is 1. The quantitative estimate of drug-likeness (QED) is 0.795. The number of amides is 2. The lowest BCUT2D eigenvalue weighted by molar-refractivity contribution is -0.145. The Hall–Kier alpha value is -2.37. The van der Waals surface area contributed by atoms with E-state index >= 15 is 0 Å². The van der Waals surface area contributed by atoms with Crippen molar-refractivity contribution in [1.82, 2.24) is 0 Å². The maximum atomic E-state index is 12.2. The van der Waals surface area contributed by atoms with Gasteiger partial charge in [0.2, 0.25) is 11.8 Å². The molecule has 2 amide bonds. The first-order valence-corrected chi connectivity index (χ1v) is 7.80. The molecule has 0 aromatic heterocycles. The van der Waals surface area contributed by atoms with E-state index in [9.17, 15) is 14.4 Å². The van der Waals surface area contributed by atoms with Gasteiger partial charge in [0.05, 0.1) is 13.0 Å². The summed E-state index contributed by atoms with van der Waals surface area (Å²) in [6.07, 6.45) is 1.65. The summed E-state index contributed by atoms with van der Waals surface area (Å²) in [6.45, 7) is 3.02. The molecule has 2 heterocycles. The van der Waals surface area contributed by atoms with Crippen LogP contribution in [0.15, 0.2) is 18.2 Å². The predicted molar refractivity (Wildman–Crippen MR) is 85.2 cm³/mol. The summed E-state index contributed by atoms with van der Waals surface area (Å²) in [5, 5.41) is 0. The van der Waals surface area contributed by atoms with E-state index in [1.54, 1.807) is 9.80 Å². The van der Waals surface area contributed by atoms with Crippen molar-refractivity contribution in [2.24, 2.45) is 5.92 Å². The summed E-state index contributed by atoms with van der Waals surface area (Å²) in [7, 11) is 1.33. The van der Waals surface area contributed by atoms with Crippen molar-refractivity contribution >= 4 is 29.2 Å². The van der Waals surface area contributed by atoms with Crippen LogP contribution in [-0.2, 0) is 19.1 Å². The van der Waals surface area contributed by atoms with Crippen LogP contribution in [0.4, 0.5) is 11.4 Å². The maximum Gasteiger partial charge on any atom is 0.311 e. The molecule has 1 unspecified atom stereocenters. The number of hydrogen-bond acceptors (Lipinski definition) is 4. The van der Waals surface area contributed by atoms with E-state index in [0.29, 0.717) is 13.0 Å². The Kier molecular flexibility index (Phi) is 4.07. The second-order valence-corrected chi connectivity index (χ2v) is 6.05. The summed E-state index contributed by atoms with van der Waals surface area (Å²) in [5.41, 5.74) is 2.61. The summed E-state index contributed by atoms with van der Waals surface area (Å²) in [4.78, 5) is 39.1. The zero-order valence-corrected chi connectivity index (χ0v) is 13.4. The topological polar surface area (TPSA) is 66.9 Å². The van der Waals surface area contributed by atoms with Gasteiger partial charge in [0.25, 0.3) is 0 Å². The molecule has 2 fully saturated rings. The van der Waals surface area contributed by atoms with Gasteiger partial charge in [0, 0.05) is 37.3 Å². The van der Waals surface area contributed by atoms with Gasteiger partial charge in [-0.1, -0.05) is 0 Å². The summed E-state index contributed by atoms with van der Waals surface area (Å²) >= 11 is 0. The molecule has 0 bridgehead atoms. The second-order valence-electron chi connectivity index (χ2n) is 6.05. The van der Waals surface area contributed by atoms with E-state index in [-0.39, 0.29) is 24.2 Å². The number of hydrogen-bond donors (Lipinski definition) is 0. The fourth-order valence-electron chi connectivity index (χ4n) is 3.29. The van der Waals surface area contributed by atoms with E-state index in [1.807, 2.05) is 25.1 Å². The van der Waals surface area contributed by atoms with Crippen molar-refractivity contribution in [2.75, 3.05) is 30.0 Å². The van der Waals surface area contributed by atoms with Crippen LogP contribution >= 0.6 is 0 Å². The summed E-state index contributed by atoms with van der Waals surface area (Å²) in [5.74, 6) is -0.696. The van der Waals surface area contributed by atoms with E-state index < -0.39 is 5.92 Å². The largest absolute Gasteiger partial charge is 0.469 e. The molecule has 6 heteroatoms. The molecule has 1 atom stereocenters. The molecular weight excluding hydrogens is 296 g/mol. The van der Waals surface area contributed by atoms with Crippen LogP contribution in [0.25, 0.3) is 0 Å². The highest BCUT2D eigenvalue weighted by atomic mass is 16.5. The molecule has 2 aliphatic rings. The Morgan fingerprint density at radius 1 is 1.22 bits per heavy atom. The van der Waals surface area contributed by atoms with Crippen molar-refractivity contribution in [3.05, 3.63) is 23.8 Å². The van der Waals surface area contributed by atoms with Gasteiger partial charge in [-0.05, 0) is 37.1 Å². The Morgan fingerprint density at radius 3 is 2.61 bits per heavy atom. The Bertz CT molecular complexity index is 671. The van der Waals surface area contributed by atoms with Crippen LogP contribution in [0.2, 0.25) is 0 Å². The fourth-order valence-corrected chi connectivity index (χ4v) is 3.29. The summed E-state index contributed by atoms with van der Waals surface area (Å²) in [6, 6.07) is 5.62. The molecule has 0 radical (unpaired) electrons. The Labute approximate surface area is 135 Å². The fraction of sp³-hybridized carbons (Fsp3) is 0.471. The normalized spacial score (nSPS) is 21.2. The van der Waals surface area contributed by atoms with Crippen molar-refractivity contribution in [2.45, 2.75) is 26.2 Å². The zero-order valence-electron chi connectivity index (χ0n) is 13.4. The molecular formula is C17H20N2O4. The number of nitrogens with zero attached hydrogens (tertiary/aromatic N) is 2. The first-order valence-electron chi connectivity index (χ1n) is 7.80. The molecule has 0 N–H and O–H groups in total. The number of rotatable bonds is 3. The van der Waals surface area contributed by atoms with Gasteiger partial charge >= 0.3 is 5.97 Å². The maximum absolute atomic E-state index is 12.2. The minimum atomic E-state index is -0.410. The number of anilines is 2. The third-order valence-electron chi connectivity index (χ3n) is 4.52. The number of benzene rings is 1. The molecule has 1 aromatic rings. The van der Waals surface area contributed by atoms with Gasteiger partial charge in [-0.15, -0.1) is 0 Å². The Morgan fingerprint density at radius 2 is 2.00 bits per heavy atom. The lowest BCUT2D eigenvalue weighted by Crippen LogP contribution is -2.27. The second kappa shape index (κ2) is 6.02. The van der Waals surface area contributed by atoms with Crippen LogP contribution in [0.1, 0.15) is 24.8 Å². The Balaban J connectivity index is 1.82. The van der Waals surface area contributed by atoms with Crippen LogP contribution in [0, 0.1) is 12.8 Å². The highest BCUT2D eigenvalue weighted by Crippen LogP contribution is 2.31. The number of carbonyl (C=O) groups is 3. The molecule has 23 heavy (non-hydrogen) atoms. The van der Waals surface area contributed by atoms with E-state index in [1.165, 1.54) is 7.11 Å². The molecule has 0 saturated carbocycles. The van der Waals surface area contributed by atoms with Crippen molar-refractivity contribution in [3.8, 4) is 0 Å². The van der Waals surface area contributed by atoms with E-state index in [0.717, 1.165) is 29.9 Å². The van der Waals surface area contributed by atoms with E-state index in [4.69, 9.17) is 4.74 Å². The molecule has 1 aromatic carbocycles. The number of carbonyl (C=O) groups excluding carboxylic acids is 3.